The van der Waals surface area contributed by atoms with Crippen molar-refractivity contribution < 1.29 is 64.3 Å². The number of carboxylic acids is 2. The van der Waals surface area contributed by atoms with Crippen LogP contribution in [0.2, 0.25) is 0 Å². The van der Waals surface area contributed by atoms with Gasteiger partial charge in [0.2, 0.25) is 6.29 Å². The van der Waals surface area contributed by atoms with E-state index in [0.29, 0.717) is 0 Å². The third-order valence-electron chi connectivity index (χ3n) is 3.14. The Hall–Kier alpha value is -1.87. The highest BCUT2D eigenvalue weighted by Gasteiger charge is 2.49. The molecule has 0 amide bonds. The number of aliphatic hydroxyl groups is 5. The molecule has 0 radical (unpaired) electrons. The predicted octanol–water partition coefficient (Wildman–Crippen LogP) is -4.80. The van der Waals surface area contributed by atoms with E-state index < -0.39 is 61.1 Å². The minimum absolute atomic E-state index is 0.162. The van der Waals surface area contributed by atoms with Gasteiger partial charge in [0.25, 0.3) is 6.47 Å². The second kappa shape index (κ2) is 8.29. The zero-order valence-corrected chi connectivity index (χ0v) is 11.8. The van der Waals surface area contributed by atoms with Gasteiger partial charge in [-0.25, -0.2) is 9.59 Å². The van der Waals surface area contributed by atoms with Gasteiger partial charge in [-0.1, -0.05) is 0 Å². The van der Waals surface area contributed by atoms with Crippen LogP contribution in [-0.2, 0) is 28.6 Å². The monoisotopic (exact) mass is 356 g/mol. The molecule has 1 aliphatic rings. The minimum atomic E-state index is -2.54. The van der Waals surface area contributed by atoms with E-state index >= 15 is 0 Å². The van der Waals surface area contributed by atoms with Crippen molar-refractivity contribution in [1.82, 2.24) is 0 Å². The average Bonchev–Trinajstić information content (AvgIpc) is 2.52. The smallest absolute Gasteiger partial charge is 0.335 e. The summed E-state index contributed by atoms with van der Waals surface area (Å²) in [7, 11) is 0. The number of hydrogen-bond donors (Lipinski definition) is 7. The maximum Gasteiger partial charge on any atom is 0.335 e. The van der Waals surface area contributed by atoms with Gasteiger partial charge in [-0.15, -0.1) is 0 Å². The Morgan fingerprint density at radius 3 is 1.79 bits per heavy atom. The molecule has 0 spiro atoms. The Kier molecular flexibility index (Phi) is 6.97. The van der Waals surface area contributed by atoms with Crippen molar-refractivity contribution in [1.29, 1.82) is 0 Å². The predicted molar refractivity (Wildman–Crippen MR) is 66.0 cm³/mol. The Morgan fingerprint density at radius 2 is 1.38 bits per heavy atom. The number of hydrogen-bond acceptors (Lipinski definition) is 11. The summed E-state index contributed by atoms with van der Waals surface area (Å²) in [6, 6.07) is 0. The molecule has 7 atom stereocenters. The zero-order chi connectivity index (χ0) is 18.6. The first-order chi connectivity index (χ1) is 11.1. The number of carbonyl (C=O) groups excluding carboxylic acids is 1. The van der Waals surface area contributed by atoms with Gasteiger partial charge in [0.05, 0.1) is 0 Å². The molecular formula is C11H16O13. The molecule has 13 heteroatoms. The van der Waals surface area contributed by atoms with E-state index in [1.807, 2.05) is 0 Å². The second-order valence-electron chi connectivity index (χ2n) is 4.74. The number of carbonyl (C=O) groups is 3. The highest BCUT2D eigenvalue weighted by atomic mass is 16.8. The van der Waals surface area contributed by atoms with Crippen LogP contribution >= 0.6 is 0 Å². The van der Waals surface area contributed by atoms with Crippen molar-refractivity contribution in [3.63, 3.8) is 0 Å². The van der Waals surface area contributed by atoms with Crippen LogP contribution in [0.1, 0.15) is 0 Å². The standard InChI is InChI=1S/C11H16O13/c12-1-22-10-3(14)2(13)4(15)11(24-10)23-7(5(16)8(18)19)6(17)9(20)21/h1-7,10-11,13-17H,(H,18,19)(H,20,21)/t2-,3-,4?,5?,6?,7?,10?,11+/m0/s1. The second-order valence-corrected chi connectivity index (χ2v) is 4.74. The van der Waals surface area contributed by atoms with Crippen molar-refractivity contribution in [3.8, 4) is 0 Å². The summed E-state index contributed by atoms with van der Waals surface area (Å²) in [4.78, 5) is 31.8. The maximum atomic E-state index is 10.8. The van der Waals surface area contributed by atoms with E-state index in [2.05, 4.69) is 4.74 Å². The molecule has 1 fully saturated rings. The quantitative estimate of drug-likeness (QED) is 0.203. The number of carboxylic acid groups (broad SMARTS) is 2. The molecule has 0 aliphatic carbocycles. The number of ether oxygens (including phenoxy) is 3. The fraction of sp³-hybridized carbons (Fsp3) is 0.727. The minimum Gasteiger partial charge on any atom is -0.479 e. The molecule has 0 aromatic rings. The molecule has 13 nitrogen and oxygen atoms in total. The lowest BCUT2D eigenvalue weighted by Crippen LogP contribution is -2.61. The van der Waals surface area contributed by atoms with Gasteiger partial charge in [-0.2, -0.15) is 0 Å². The van der Waals surface area contributed by atoms with Crippen molar-refractivity contribution in [2.75, 3.05) is 0 Å². The molecule has 1 saturated heterocycles. The summed E-state index contributed by atoms with van der Waals surface area (Å²) in [5, 5.41) is 65.1. The van der Waals surface area contributed by atoms with Crippen molar-refractivity contribution >= 4 is 18.4 Å². The van der Waals surface area contributed by atoms with Crippen molar-refractivity contribution in [2.45, 2.75) is 49.2 Å². The molecule has 1 rings (SSSR count). The summed E-state index contributed by atoms with van der Waals surface area (Å²) in [5.41, 5.74) is 0. The summed E-state index contributed by atoms with van der Waals surface area (Å²) in [6.07, 6.45) is -17.2. The van der Waals surface area contributed by atoms with Crippen LogP contribution in [0.4, 0.5) is 0 Å². The lowest BCUT2D eigenvalue weighted by molar-refractivity contribution is -0.354. The highest BCUT2D eigenvalue weighted by Crippen LogP contribution is 2.25. The number of aliphatic hydroxyl groups excluding tert-OH is 5. The molecule has 24 heavy (non-hydrogen) atoms. The van der Waals surface area contributed by atoms with Crippen LogP contribution in [0.5, 0.6) is 0 Å². The van der Waals surface area contributed by atoms with E-state index in [-0.39, 0.29) is 6.47 Å². The van der Waals surface area contributed by atoms with Crippen molar-refractivity contribution in [3.05, 3.63) is 0 Å². The van der Waals surface area contributed by atoms with Gasteiger partial charge < -0.3 is 50.0 Å². The molecule has 0 bridgehead atoms. The topological polar surface area (TPSA) is 221 Å². The maximum absolute atomic E-state index is 10.8. The molecule has 0 aromatic heterocycles. The van der Waals surface area contributed by atoms with E-state index in [1.54, 1.807) is 0 Å². The molecule has 1 aliphatic heterocycles. The Bertz CT molecular complexity index is 447. The van der Waals surface area contributed by atoms with Gasteiger partial charge in [-0.3, -0.25) is 4.79 Å². The fourth-order valence-electron chi connectivity index (χ4n) is 1.85. The number of aliphatic carboxylic acids is 2. The first-order valence-electron chi connectivity index (χ1n) is 6.37. The van der Waals surface area contributed by atoms with Crippen molar-refractivity contribution in [2.24, 2.45) is 0 Å². The van der Waals surface area contributed by atoms with Crippen LogP contribution in [0, 0.1) is 0 Å². The van der Waals surface area contributed by atoms with Gasteiger partial charge >= 0.3 is 11.9 Å². The van der Waals surface area contributed by atoms with Gasteiger partial charge in [0, 0.05) is 0 Å². The lowest BCUT2D eigenvalue weighted by atomic mass is 10.0. The molecular weight excluding hydrogens is 340 g/mol. The normalized spacial score (nSPS) is 34.0. The first kappa shape index (κ1) is 20.2. The Balaban J connectivity index is 2.99. The Labute approximate surface area is 133 Å². The first-order valence-corrected chi connectivity index (χ1v) is 6.37. The molecule has 0 aromatic carbocycles. The molecule has 4 unspecified atom stereocenters. The van der Waals surface area contributed by atoms with Gasteiger partial charge in [0.1, 0.15) is 24.4 Å². The fourth-order valence-corrected chi connectivity index (χ4v) is 1.85. The van der Waals surface area contributed by atoms with Crippen LogP contribution < -0.4 is 0 Å². The molecule has 1 heterocycles. The summed E-state index contributed by atoms with van der Waals surface area (Å²) >= 11 is 0. The van der Waals surface area contributed by atoms with E-state index in [4.69, 9.17) is 19.7 Å². The van der Waals surface area contributed by atoms with Crippen LogP contribution in [0.3, 0.4) is 0 Å². The van der Waals surface area contributed by atoms with Crippen LogP contribution in [0.25, 0.3) is 0 Å². The summed E-state index contributed by atoms with van der Waals surface area (Å²) in [6.45, 7) is -0.162. The van der Waals surface area contributed by atoms with Gasteiger partial charge in [0.15, 0.2) is 18.5 Å². The number of rotatable bonds is 8. The summed E-state index contributed by atoms with van der Waals surface area (Å²) < 4.78 is 13.8. The summed E-state index contributed by atoms with van der Waals surface area (Å²) in [5.74, 6) is -3.90. The third-order valence-corrected chi connectivity index (χ3v) is 3.14. The molecule has 7 N–H and O–H groups in total. The highest BCUT2D eigenvalue weighted by molar-refractivity contribution is 5.77. The van der Waals surface area contributed by atoms with Gasteiger partial charge in [-0.05, 0) is 0 Å². The average molecular weight is 356 g/mol. The van der Waals surface area contributed by atoms with Crippen LogP contribution in [-0.4, -0.2) is 103 Å². The SMILES string of the molecule is O=COC1O[C@@H](OC(C(O)C(=O)O)C(O)C(=O)O)C(O)[C@@H](O)[C@@H]1O. The molecule has 138 valence electrons. The van der Waals surface area contributed by atoms with E-state index in [1.165, 1.54) is 0 Å². The molecule has 0 saturated carbocycles. The zero-order valence-electron chi connectivity index (χ0n) is 11.8. The van der Waals surface area contributed by atoms with Crippen LogP contribution in [0.15, 0.2) is 0 Å². The lowest BCUT2D eigenvalue weighted by Gasteiger charge is -2.40. The Morgan fingerprint density at radius 1 is 0.917 bits per heavy atom. The van der Waals surface area contributed by atoms with E-state index in [9.17, 15) is 39.9 Å². The third kappa shape index (κ3) is 4.35. The largest absolute Gasteiger partial charge is 0.479 e. The van der Waals surface area contributed by atoms with E-state index in [0.717, 1.165) is 0 Å².